The molecule has 3 amide bonds. The van der Waals surface area contributed by atoms with E-state index in [2.05, 4.69) is 15.3 Å². The van der Waals surface area contributed by atoms with Gasteiger partial charge in [-0.1, -0.05) is 17.7 Å². The van der Waals surface area contributed by atoms with E-state index in [1.54, 1.807) is 41.4 Å². The van der Waals surface area contributed by atoms with Gasteiger partial charge in [-0.15, -0.1) is 0 Å². The molecular weight excluding hydrogens is 342 g/mol. The van der Waals surface area contributed by atoms with Crippen molar-refractivity contribution >= 4 is 40.9 Å². The molecule has 0 atom stereocenters. The van der Waals surface area contributed by atoms with Crippen molar-refractivity contribution in [2.24, 2.45) is 4.99 Å². The van der Waals surface area contributed by atoms with Crippen LogP contribution in [0.4, 0.5) is 16.3 Å². The Labute approximate surface area is 148 Å². The summed E-state index contributed by atoms with van der Waals surface area (Å²) in [6, 6.07) is 10.2. The molecule has 4 rings (SSSR count). The van der Waals surface area contributed by atoms with Crippen LogP contribution in [0, 0.1) is 0 Å². The van der Waals surface area contributed by atoms with Crippen molar-refractivity contribution < 1.29 is 9.59 Å². The van der Waals surface area contributed by atoms with E-state index >= 15 is 0 Å². The molecule has 0 fully saturated rings. The predicted octanol–water partition coefficient (Wildman–Crippen LogP) is 2.38. The van der Waals surface area contributed by atoms with Gasteiger partial charge in [0.15, 0.2) is 0 Å². The first-order valence-electron chi connectivity index (χ1n) is 7.78. The number of aliphatic imine (C=N–C) groups is 1. The fourth-order valence-electron chi connectivity index (χ4n) is 2.95. The lowest BCUT2D eigenvalue weighted by Gasteiger charge is -2.35. The number of benzene rings is 1. The zero-order valence-electron chi connectivity index (χ0n) is 13.1. The molecule has 0 saturated heterocycles. The number of pyridine rings is 1. The molecule has 0 spiro atoms. The zero-order chi connectivity index (χ0) is 17.4. The second-order valence-electron chi connectivity index (χ2n) is 5.65. The van der Waals surface area contributed by atoms with Gasteiger partial charge in [-0.25, -0.2) is 9.78 Å². The predicted molar refractivity (Wildman–Crippen MR) is 95.2 cm³/mol. The molecular formula is C17H14ClN5O2. The van der Waals surface area contributed by atoms with Crippen molar-refractivity contribution in [2.45, 2.75) is 0 Å². The van der Waals surface area contributed by atoms with Crippen LogP contribution in [-0.2, 0) is 4.79 Å². The van der Waals surface area contributed by atoms with Crippen LogP contribution in [0.2, 0.25) is 5.02 Å². The summed E-state index contributed by atoms with van der Waals surface area (Å²) in [6.07, 6.45) is 1.59. The first-order chi connectivity index (χ1) is 12.1. The molecule has 7 nitrogen and oxygen atoms in total. The summed E-state index contributed by atoms with van der Waals surface area (Å²) in [5.41, 5.74) is 1.39. The van der Waals surface area contributed by atoms with Gasteiger partial charge in [0.1, 0.15) is 18.2 Å². The minimum Gasteiger partial charge on any atom is -0.309 e. The average Bonchev–Trinajstić information content (AvgIpc) is 3.09. The molecule has 8 heteroatoms. The molecule has 0 radical (unpaired) electrons. The third-order valence-corrected chi connectivity index (χ3v) is 4.26. The van der Waals surface area contributed by atoms with Crippen molar-refractivity contribution in [1.82, 2.24) is 9.88 Å². The third kappa shape index (κ3) is 2.83. The van der Waals surface area contributed by atoms with Gasteiger partial charge in [-0.05, 0) is 30.3 Å². The number of halogens is 1. The summed E-state index contributed by atoms with van der Waals surface area (Å²) in [5.74, 6) is 0.738. The van der Waals surface area contributed by atoms with Gasteiger partial charge in [0.25, 0.3) is 0 Å². The van der Waals surface area contributed by atoms with E-state index in [-0.39, 0.29) is 18.5 Å². The Balaban J connectivity index is 1.64. The van der Waals surface area contributed by atoms with Crippen molar-refractivity contribution in [3.63, 3.8) is 0 Å². The Kier molecular flexibility index (Phi) is 3.85. The number of nitrogens with zero attached hydrogens (tertiary/aromatic N) is 4. The summed E-state index contributed by atoms with van der Waals surface area (Å²) >= 11 is 6.10. The highest BCUT2D eigenvalue weighted by atomic mass is 35.5. The monoisotopic (exact) mass is 355 g/mol. The fourth-order valence-corrected chi connectivity index (χ4v) is 3.11. The molecule has 1 aromatic heterocycles. The van der Waals surface area contributed by atoms with Gasteiger partial charge >= 0.3 is 6.03 Å². The van der Waals surface area contributed by atoms with E-state index in [0.717, 1.165) is 5.56 Å². The SMILES string of the molecule is O=C(CN1C(=O)N2CCN=C2c2ccc(Cl)cc21)Nc1ccccn1. The number of aromatic nitrogens is 1. The van der Waals surface area contributed by atoms with Crippen LogP contribution in [0.15, 0.2) is 47.6 Å². The Morgan fingerprint density at radius 1 is 1.28 bits per heavy atom. The number of fused-ring (bicyclic) bond motifs is 3. The minimum absolute atomic E-state index is 0.132. The lowest BCUT2D eigenvalue weighted by molar-refractivity contribution is -0.114. The molecule has 2 aliphatic rings. The first kappa shape index (κ1) is 15.6. The molecule has 0 unspecified atom stereocenters. The third-order valence-electron chi connectivity index (χ3n) is 4.03. The van der Waals surface area contributed by atoms with Gasteiger partial charge in [0.05, 0.1) is 12.2 Å². The van der Waals surface area contributed by atoms with E-state index in [1.165, 1.54) is 4.90 Å². The van der Waals surface area contributed by atoms with Crippen molar-refractivity contribution in [1.29, 1.82) is 0 Å². The molecule has 1 N–H and O–H groups in total. The maximum absolute atomic E-state index is 12.8. The number of nitrogens with one attached hydrogen (secondary N) is 1. The number of carbonyl (C=O) groups is 2. The smallest absolute Gasteiger partial charge is 0.309 e. The number of urea groups is 1. The van der Waals surface area contributed by atoms with Crippen LogP contribution >= 0.6 is 11.6 Å². The zero-order valence-corrected chi connectivity index (χ0v) is 13.9. The lowest BCUT2D eigenvalue weighted by Crippen LogP contribution is -2.52. The summed E-state index contributed by atoms with van der Waals surface area (Å²) in [5, 5.41) is 3.18. The van der Waals surface area contributed by atoms with Gasteiger partial charge < -0.3 is 5.32 Å². The molecule has 0 aliphatic carbocycles. The number of amides is 3. The maximum atomic E-state index is 12.8. The highest BCUT2D eigenvalue weighted by Gasteiger charge is 2.38. The van der Waals surface area contributed by atoms with Crippen LogP contribution in [0.5, 0.6) is 0 Å². The summed E-state index contributed by atoms with van der Waals surface area (Å²) in [7, 11) is 0. The second-order valence-corrected chi connectivity index (χ2v) is 6.09. The number of carbonyl (C=O) groups excluding carboxylic acids is 2. The van der Waals surface area contributed by atoms with E-state index in [9.17, 15) is 9.59 Å². The van der Waals surface area contributed by atoms with Crippen LogP contribution in [0.25, 0.3) is 0 Å². The highest BCUT2D eigenvalue weighted by Crippen LogP contribution is 2.33. The molecule has 25 heavy (non-hydrogen) atoms. The van der Waals surface area contributed by atoms with Gasteiger partial charge in [-0.2, -0.15) is 0 Å². The summed E-state index contributed by atoms with van der Waals surface area (Å²) < 4.78 is 0. The second kappa shape index (κ2) is 6.18. The Bertz CT molecular complexity index is 884. The van der Waals surface area contributed by atoms with Crippen LogP contribution in [0.3, 0.4) is 0 Å². The molecule has 2 aromatic rings. The number of amidine groups is 1. The minimum atomic E-state index is -0.336. The molecule has 0 saturated carbocycles. The fraction of sp³-hybridized carbons (Fsp3) is 0.176. The number of rotatable bonds is 3. The van der Waals surface area contributed by atoms with Crippen LogP contribution < -0.4 is 10.2 Å². The van der Waals surface area contributed by atoms with E-state index in [4.69, 9.17) is 11.6 Å². The number of hydrogen-bond donors (Lipinski definition) is 1. The van der Waals surface area contributed by atoms with E-state index in [1.807, 2.05) is 6.07 Å². The van der Waals surface area contributed by atoms with Crippen LogP contribution in [-0.4, -0.2) is 47.3 Å². The topological polar surface area (TPSA) is 77.9 Å². The molecule has 0 bridgehead atoms. The van der Waals surface area contributed by atoms with Crippen molar-refractivity contribution in [2.75, 3.05) is 29.9 Å². The lowest BCUT2D eigenvalue weighted by atomic mass is 10.1. The standard InChI is InChI=1S/C17H14ClN5O2/c18-11-4-5-12-13(9-11)23(17(25)22-8-7-20-16(12)22)10-15(24)21-14-3-1-2-6-19-14/h1-6,9H,7-8,10H2,(H,19,21,24). The first-order valence-corrected chi connectivity index (χ1v) is 8.15. The Morgan fingerprint density at radius 2 is 2.16 bits per heavy atom. The van der Waals surface area contributed by atoms with Crippen molar-refractivity contribution in [3.05, 3.63) is 53.2 Å². The molecule has 3 heterocycles. The Morgan fingerprint density at radius 3 is 2.96 bits per heavy atom. The van der Waals surface area contributed by atoms with Crippen LogP contribution in [0.1, 0.15) is 5.56 Å². The van der Waals surface area contributed by atoms with Crippen molar-refractivity contribution in [3.8, 4) is 0 Å². The maximum Gasteiger partial charge on any atom is 0.330 e. The normalized spacial score (nSPS) is 15.6. The van der Waals surface area contributed by atoms with Gasteiger partial charge in [-0.3, -0.25) is 19.6 Å². The van der Waals surface area contributed by atoms with Gasteiger partial charge in [0.2, 0.25) is 5.91 Å². The largest absolute Gasteiger partial charge is 0.330 e. The number of hydrogen-bond acceptors (Lipinski definition) is 4. The van der Waals surface area contributed by atoms with E-state index in [0.29, 0.717) is 35.5 Å². The molecule has 126 valence electrons. The summed E-state index contributed by atoms with van der Waals surface area (Å²) in [4.78, 5) is 36.7. The Hall–Kier alpha value is -2.93. The average molecular weight is 356 g/mol. The molecule has 1 aromatic carbocycles. The van der Waals surface area contributed by atoms with Gasteiger partial charge in [0, 0.05) is 23.3 Å². The number of anilines is 2. The van der Waals surface area contributed by atoms with E-state index < -0.39 is 0 Å². The summed E-state index contributed by atoms with van der Waals surface area (Å²) in [6.45, 7) is 0.929. The quantitative estimate of drug-likeness (QED) is 0.918. The molecule has 2 aliphatic heterocycles. The highest BCUT2D eigenvalue weighted by molar-refractivity contribution is 6.32.